The van der Waals surface area contributed by atoms with Crippen molar-refractivity contribution in [1.82, 2.24) is 21.3 Å². The van der Waals surface area contributed by atoms with Gasteiger partial charge in [-0.25, -0.2) is 0 Å². The molecule has 12 nitrogen and oxygen atoms in total. The van der Waals surface area contributed by atoms with Crippen LogP contribution in [0, 0.1) is 23.2 Å². The number of alkyl halides is 3. The summed E-state index contributed by atoms with van der Waals surface area (Å²) in [6, 6.07) is 11.2. The average Bonchev–Trinajstić information content (AvgIpc) is 3.86. The van der Waals surface area contributed by atoms with Gasteiger partial charge in [-0.15, -0.1) is 10.2 Å². The lowest BCUT2D eigenvalue weighted by Crippen LogP contribution is -2.63. The van der Waals surface area contributed by atoms with E-state index in [4.69, 9.17) is 9.31 Å². The third-order valence-corrected chi connectivity index (χ3v) is 11.7. The lowest BCUT2D eigenvalue weighted by atomic mass is 9.45. The maximum atomic E-state index is 13.7. The van der Waals surface area contributed by atoms with E-state index in [-0.39, 0.29) is 36.4 Å². The largest absolute Gasteiger partial charge is 0.478 e. The second kappa shape index (κ2) is 14.7. The molecule has 2 aromatic carbocycles. The van der Waals surface area contributed by atoms with Gasteiger partial charge in [-0.05, 0) is 61.0 Å². The number of carbonyl (C=O) groups excluding carboxylic acids is 4. The molecular weight excluding hydrogens is 704 g/mol. The van der Waals surface area contributed by atoms with E-state index in [9.17, 15) is 32.3 Å². The number of nitrogens with one attached hydrogen (secondary N) is 4. The summed E-state index contributed by atoms with van der Waals surface area (Å²) in [6.07, 6.45) is -2.67. The predicted molar refractivity (Wildman–Crippen MR) is 192 cm³/mol. The Kier molecular flexibility index (Phi) is 10.8. The van der Waals surface area contributed by atoms with Gasteiger partial charge in [0, 0.05) is 12.0 Å². The molecule has 0 spiro atoms. The van der Waals surface area contributed by atoms with Crippen LogP contribution in [0.25, 0.3) is 0 Å². The normalized spacial score (nSPS) is 26.1. The molecule has 2 heterocycles. The minimum atomic E-state index is -4.67. The Morgan fingerprint density at radius 1 is 0.889 bits per heavy atom. The van der Waals surface area contributed by atoms with Crippen molar-refractivity contribution in [3.8, 4) is 0 Å². The molecule has 16 heteroatoms. The number of nitrogens with zero attached hydrogens (tertiary/aromatic N) is 2. The summed E-state index contributed by atoms with van der Waals surface area (Å²) < 4.78 is 52.7. The van der Waals surface area contributed by atoms with E-state index in [0.717, 1.165) is 18.4 Å². The summed E-state index contributed by atoms with van der Waals surface area (Å²) in [4.78, 5) is 53.6. The summed E-state index contributed by atoms with van der Waals surface area (Å²) in [5.41, 5.74) is -1.74. The highest BCUT2D eigenvalue weighted by Crippen LogP contribution is 2.64. The van der Waals surface area contributed by atoms with Crippen LogP contribution in [0.5, 0.6) is 0 Å². The van der Waals surface area contributed by atoms with Crippen LogP contribution in [0.2, 0.25) is 0 Å². The Morgan fingerprint density at radius 3 is 2.15 bits per heavy atom. The highest BCUT2D eigenvalue weighted by molar-refractivity contribution is 6.46. The van der Waals surface area contributed by atoms with Crippen molar-refractivity contribution in [1.29, 1.82) is 0 Å². The van der Waals surface area contributed by atoms with E-state index in [0.29, 0.717) is 17.4 Å². The first kappa shape index (κ1) is 39.4. The summed E-state index contributed by atoms with van der Waals surface area (Å²) in [5.74, 6) is -1.61. The fraction of sp³-hybridized carbons (Fsp3) is 0.579. The molecule has 2 bridgehead atoms. The van der Waals surface area contributed by atoms with E-state index in [1.54, 1.807) is 32.9 Å². The number of halogens is 3. The molecule has 4 N–H and O–H groups in total. The Bertz CT molecular complexity index is 1770. The molecule has 7 atom stereocenters. The van der Waals surface area contributed by atoms with Crippen LogP contribution < -0.4 is 21.3 Å². The lowest BCUT2D eigenvalue weighted by molar-refractivity contribution is -0.185. The molecule has 0 radical (unpaired) electrons. The first-order valence-electron chi connectivity index (χ1n) is 18.5. The van der Waals surface area contributed by atoms with Crippen molar-refractivity contribution < 1.29 is 41.7 Å². The standard InChI is InChI=1S/C38H48BF3N6O6/c1-21(2)30(46-29(49)17-24-12-14-25(15-13-24)37(47-48-37)38(40,41)42)34(52)45-28(16-23-10-8-7-9-11-23)33(51)44-22(3)32(50)43-20-39-53-31-27-18-26(35(27,4)5)19-36(31,6)54-39/h7-15,21-22,26-28,30-31H,16-20H2,1-6H3,(H,43,50)(H,44,51)(H,45,52)(H,46,49). The van der Waals surface area contributed by atoms with Gasteiger partial charge in [0.15, 0.2) is 0 Å². The highest BCUT2D eigenvalue weighted by Gasteiger charge is 2.67. The monoisotopic (exact) mass is 752 g/mol. The van der Waals surface area contributed by atoms with Crippen LogP contribution in [-0.2, 0) is 47.0 Å². The summed E-state index contributed by atoms with van der Waals surface area (Å²) >= 11 is 0. The molecule has 5 aliphatic rings. The van der Waals surface area contributed by atoms with Crippen molar-refractivity contribution >= 4 is 30.7 Å². The molecule has 290 valence electrons. The van der Waals surface area contributed by atoms with Crippen molar-refractivity contribution in [2.24, 2.45) is 33.4 Å². The maximum Gasteiger partial charge on any atom is 0.478 e. The molecule has 3 aliphatic carbocycles. The van der Waals surface area contributed by atoms with Gasteiger partial charge >= 0.3 is 19.0 Å². The number of benzene rings is 2. The molecule has 4 fully saturated rings. The molecule has 2 aromatic rings. The van der Waals surface area contributed by atoms with Crippen LogP contribution in [-0.4, -0.2) is 73.2 Å². The van der Waals surface area contributed by atoms with Crippen LogP contribution in [0.3, 0.4) is 0 Å². The van der Waals surface area contributed by atoms with E-state index in [1.165, 1.54) is 24.3 Å². The Balaban J connectivity index is 1.04. The number of amides is 4. The van der Waals surface area contributed by atoms with Gasteiger partial charge in [0.1, 0.15) is 18.1 Å². The second-order valence-corrected chi connectivity index (χ2v) is 16.2. The van der Waals surface area contributed by atoms with Crippen LogP contribution in [0.1, 0.15) is 71.1 Å². The Morgan fingerprint density at radius 2 is 1.56 bits per heavy atom. The van der Waals surface area contributed by atoms with Crippen LogP contribution in [0.4, 0.5) is 13.2 Å². The van der Waals surface area contributed by atoms with Gasteiger partial charge in [0.2, 0.25) is 23.6 Å². The maximum absolute atomic E-state index is 13.7. The molecule has 0 aromatic heterocycles. The molecule has 4 amide bonds. The molecule has 7 rings (SSSR count). The van der Waals surface area contributed by atoms with Gasteiger partial charge in [-0.1, -0.05) is 82.3 Å². The van der Waals surface area contributed by atoms with E-state index >= 15 is 0 Å². The Hall–Kier alpha value is -4.31. The first-order valence-corrected chi connectivity index (χ1v) is 18.5. The number of rotatable bonds is 14. The SMILES string of the molecule is CC(NC(=O)C(Cc1ccccc1)NC(=O)C(NC(=O)Cc1ccc(C2(C(F)(F)F)N=N2)cc1)C(C)C)C(=O)NCB1OC2C3CC(CC2(C)O1)C3(C)C. The van der Waals surface area contributed by atoms with Gasteiger partial charge in [0.25, 0.3) is 0 Å². The number of hydrogen-bond acceptors (Lipinski definition) is 8. The van der Waals surface area contributed by atoms with Crippen LogP contribution >= 0.6 is 0 Å². The fourth-order valence-corrected chi connectivity index (χ4v) is 8.16. The third-order valence-electron chi connectivity index (χ3n) is 11.7. The predicted octanol–water partition coefficient (Wildman–Crippen LogP) is 4.17. The van der Waals surface area contributed by atoms with Crippen LogP contribution in [0.15, 0.2) is 64.8 Å². The molecule has 3 saturated carbocycles. The quantitative estimate of drug-likeness (QED) is 0.212. The van der Waals surface area contributed by atoms with Crippen molar-refractivity contribution in [2.45, 2.75) is 109 Å². The molecule has 54 heavy (non-hydrogen) atoms. The van der Waals surface area contributed by atoms with Gasteiger partial charge < -0.3 is 30.6 Å². The minimum Gasteiger partial charge on any atom is -0.404 e. The van der Waals surface area contributed by atoms with Gasteiger partial charge in [-0.3, -0.25) is 19.2 Å². The summed E-state index contributed by atoms with van der Waals surface area (Å²) in [5, 5.41) is 17.4. The second-order valence-electron chi connectivity index (χ2n) is 16.2. The third kappa shape index (κ3) is 7.91. The molecule has 1 saturated heterocycles. The highest BCUT2D eigenvalue weighted by atomic mass is 19.4. The molecule has 2 aliphatic heterocycles. The van der Waals surface area contributed by atoms with Gasteiger partial charge in [0.05, 0.1) is 24.6 Å². The first-order chi connectivity index (χ1) is 25.3. The zero-order valence-corrected chi connectivity index (χ0v) is 31.3. The smallest absolute Gasteiger partial charge is 0.404 e. The lowest BCUT2D eigenvalue weighted by Gasteiger charge is -2.63. The minimum absolute atomic E-state index is 0.0420. The number of hydrogen-bond donors (Lipinski definition) is 4. The Labute approximate surface area is 313 Å². The van der Waals surface area contributed by atoms with Gasteiger partial charge in [-0.2, -0.15) is 13.2 Å². The fourth-order valence-electron chi connectivity index (χ4n) is 8.16. The topological polar surface area (TPSA) is 160 Å². The number of carbonyl (C=O) groups is 4. The van der Waals surface area contributed by atoms with Crippen molar-refractivity contribution in [2.75, 3.05) is 6.44 Å². The zero-order valence-electron chi connectivity index (χ0n) is 31.3. The van der Waals surface area contributed by atoms with Crippen molar-refractivity contribution in [3.05, 3.63) is 71.3 Å². The summed E-state index contributed by atoms with van der Waals surface area (Å²) in [7, 11) is -0.606. The van der Waals surface area contributed by atoms with E-state index in [2.05, 4.69) is 52.3 Å². The van der Waals surface area contributed by atoms with E-state index < -0.39 is 72.2 Å². The molecular formula is C38H48BF3N6O6. The van der Waals surface area contributed by atoms with E-state index in [1.807, 2.05) is 18.2 Å². The molecule has 7 unspecified atom stereocenters. The average molecular weight is 753 g/mol. The summed E-state index contributed by atoms with van der Waals surface area (Å²) in [6.45, 7) is 11.6. The zero-order chi connectivity index (χ0) is 39.2. The van der Waals surface area contributed by atoms with Crippen molar-refractivity contribution in [3.63, 3.8) is 0 Å².